The summed E-state index contributed by atoms with van der Waals surface area (Å²) in [5, 5.41) is 6.81. The predicted octanol–water partition coefficient (Wildman–Crippen LogP) is 2.24. The number of piperidine rings is 1. The molecule has 1 aliphatic heterocycles. The first-order chi connectivity index (χ1) is 9.00. The summed E-state index contributed by atoms with van der Waals surface area (Å²) in [4.78, 5) is 15.9. The van der Waals surface area contributed by atoms with Gasteiger partial charge in [0.05, 0.1) is 10.6 Å². The maximum atomic E-state index is 12.1. The molecule has 1 fully saturated rings. The number of hydrogen-bond acceptors (Lipinski definition) is 3. The third kappa shape index (κ3) is 3.45. The molecule has 4 nitrogen and oxygen atoms in total. The lowest BCUT2D eigenvalue weighted by Crippen LogP contribution is -2.52. The van der Waals surface area contributed by atoms with Crippen molar-refractivity contribution in [3.63, 3.8) is 0 Å². The minimum absolute atomic E-state index is 0.143. The first kappa shape index (κ1) is 14.3. The third-order valence-corrected chi connectivity index (χ3v) is 4.12. The van der Waals surface area contributed by atoms with Crippen molar-refractivity contribution in [2.75, 3.05) is 13.1 Å². The summed E-state index contributed by atoms with van der Waals surface area (Å²) < 4.78 is 0. The molecule has 0 aromatic carbocycles. The molecule has 0 radical (unpaired) electrons. The van der Waals surface area contributed by atoms with Crippen LogP contribution in [-0.4, -0.2) is 30.0 Å². The first-order valence-corrected chi connectivity index (χ1v) is 6.99. The molecule has 1 aromatic heterocycles. The molecule has 19 heavy (non-hydrogen) atoms. The Bertz CT molecular complexity index is 462. The van der Waals surface area contributed by atoms with Gasteiger partial charge in [0, 0.05) is 25.0 Å². The Morgan fingerprint density at radius 1 is 1.63 bits per heavy atom. The number of halogens is 1. The fourth-order valence-electron chi connectivity index (χ4n) is 2.47. The van der Waals surface area contributed by atoms with Gasteiger partial charge in [0.25, 0.3) is 5.91 Å². The van der Waals surface area contributed by atoms with Gasteiger partial charge in [-0.15, -0.1) is 0 Å². The summed E-state index contributed by atoms with van der Waals surface area (Å²) in [5.74, 6) is -0.143. The summed E-state index contributed by atoms with van der Waals surface area (Å²) in [6.07, 6.45) is 5.42. The van der Waals surface area contributed by atoms with Crippen LogP contribution in [0.3, 0.4) is 0 Å². The summed E-state index contributed by atoms with van der Waals surface area (Å²) in [5.41, 5.74) is 0.679. The van der Waals surface area contributed by atoms with E-state index < -0.39 is 0 Å². The highest BCUT2D eigenvalue weighted by atomic mass is 35.5. The quantitative estimate of drug-likeness (QED) is 0.893. The lowest BCUT2D eigenvalue weighted by molar-refractivity contribution is 0.0929. The van der Waals surface area contributed by atoms with Crippen molar-refractivity contribution in [2.45, 2.75) is 32.7 Å². The molecule has 2 heterocycles. The standard InChI is InChI=1S/C14H20ClN3O/c1-14(2)5-3-6-17-12(14)9-18-13(19)10-4-7-16-8-11(10)15/h4,7-8,12,17H,3,5-6,9H2,1-2H3,(H,18,19). The van der Waals surface area contributed by atoms with Crippen LogP contribution in [0.15, 0.2) is 18.5 Å². The van der Waals surface area contributed by atoms with E-state index >= 15 is 0 Å². The zero-order chi connectivity index (χ0) is 13.9. The second kappa shape index (κ2) is 5.88. The van der Waals surface area contributed by atoms with Crippen molar-refractivity contribution in [1.29, 1.82) is 0 Å². The second-order valence-electron chi connectivity index (χ2n) is 5.66. The molecule has 0 aliphatic carbocycles. The van der Waals surface area contributed by atoms with Gasteiger partial charge in [0.2, 0.25) is 0 Å². The summed E-state index contributed by atoms with van der Waals surface area (Å²) in [6, 6.07) is 1.93. The third-order valence-electron chi connectivity index (χ3n) is 3.82. The highest BCUT2D eigenvalue weighted by molar-refractivity contribution is 6.33. The molecule has 104 valence electrons. The molecule has 1 aliphatic rings. The lowest BCUT2D eigenvalue weighted by Gasteiger charge is -2.39. The lowest BCUT2D eigenvalue weighted by atomic mass is 9.77. The molecule has 1 amide bonds. The molecule has 0 spiro atoms. The van der Waals surface area contributed by atoms with Crippen LogP contribution >= 0.6 is 11.6 Å². The van der Waals surface area contributed by atoms with Crippen LogP contribution in [0.1, 0.15) is 37.0 Å². The van der Waals surface area contributed by atoms with Crippen LogP contribution in [-0.2, 0) is 0 Å². The number of hydrogen-bond donors (Lipinski definition) is 2. The molecule has 0 bridgehead atoms. The van der Waals surface area contributed by atoms with E-state index in [1.54, 1.807) is 12.3 Å². The van der Waals surface area contributed by atoms with E-state index in [1.165, 1.54) is 19.0 Å². The van der Waals surface area contributed by atoms with E-state index in [4.69, 9.17) is 11.6 Å². The number of pyridine rings is 1. The van der Waals surface area contributed by atoms with Crippen LogP contribution in [0.25, 0.3) is 0 Å². The number of aromatic nitrogens is 1. The molecule has 0 saturated carbocycles. The van der Waals surface area contributed by atoms with Gasteiger partial charge in [-0.25, -0.2) is 0 Å². The van der Waals surface area contributed by atoms with Crippen molar-refractivity contribution >= 4 is 17.5 Å². The minimum Gasteiger partial charge on any atom is -0.350 e. The van der Waals surface area contributed by atoms with Crippen LogP contribution in [0.4, 0.5) is 0 Å². The fraction of sp³-hybridized carbons (Fsp3) is 0.571. The Balaban J connectivity index is 1.95. The van der Waals surface area contributed by atoms with Gasteiger partial charge in [-0.2, -0.15) is 0 Å². The van der Waals surface area contributed by atoms with Gasteiger partial charge in [-0.1, -0.05) is 25.4 Å². The Labute approximate surface area is 118 Å². The van der Waals surface area contributed by atoms with E-state index in [-0.39, 0.29) is 11.3 Å². The van der Waals surface area contributed by atoms with E-state index in [2.05, 4.69) is 29.5 Å². The highest BCUT2D eigenvalue weighted by Crippen LogP contribution is 2.29. The maximum Gasteiger partial charge on any atom is 0.252 e. The van der Waals surface area contributed by atoms with Crippen LogP contribution in [0.5, 0.6) is 0 Å². The van der Waals surface area contributed by atoms with Gasteiger partial charge in [0.1, 0.15) is 0 Å². The fourth-order valence-corrected chi connectivity index (χ4v) is 2.67. The summed E-state index contributed by atoms with van der Waals surface area (Å²) >= 11 is 5.96. The van der Waals surface area contributed by atoms with Crippen LogP contribution in [0.2, 0.25) is 5.02 Å². The minimum atomic E-state index is -0.143. The first-order valence-electron chi connectivity index (χ1n) is 6.62. The number of amides is 1. The van der Waals surface area contributed by atoms with Crippen LogP contribution < -0.4 is 10.6 Å². The average Bonchev–Trinajstić information content (AvgIpc) is 2.37. The van der Waals surface area contributed by atoms with E-state index in [0.717, 1.165) is 6.54 Å². The zero-order valence-electron chi connectivity index (χ0n) is 11.4. The number of carbonyl (C=O) groups excluding carboxylic acids is 1. The SMILES string of the molecule is CC1(C)CCCNC1CNC(=O)c1ccncc1Cl. The van der Waals surface area contributed by atoms with Crippen molar-refractivity contribution in [1.82, 2.24) is 15.6 Å². The molecular formula is C14H20ClN3O. The Hall–Kier alpha value is -1.13. The molecule has 1 saturated heterocycles. The number of carbonyl (C=O) groups is 1. The normalized spacial score (nSPS) is 21.9. The zero-order valence-corrected chi connectivity index (χ0v) is 12.1. The number of nitrogens with one attached hydrogen (secondary N) is 2. The van der Waals surface area contributed by atoms with Gasteiger partial charge >= 0.3 is 0 Å². The van der Waals surface area contributed by atoms with Crippen molar-refractivity contribution < 1.29 is 4.79 Å². The van der Waals surface area contributed by atoms with Crippen molar-refractivity contribution in [3.8, 4) is 0 Å². The van der Waals surface area contributed by atoms with E-state index in [9.17, 15) is 4.79 Å². The average molecular weight is 282 g/mol. The molecular weight excluding hydrogens is 262 g/mol. The van der Waals surface area contributed by atoms with Crippen molar-refractivity contribution in [3.05, 3.63) is 29.0 Å². The molecule has 1 atom stereocenters. The Morgan fingerprint density at radius 3 is 3.11 bits per heavy atom. The molecule has 2 N–H and O–H groups in total. The second-order valence-corrected chi connectivity index (χ2v) is 6.07. The molecule has 5 heteroatoms. The monoisotopic (exact) mass is 281 g/mol. The van der Waals surface area contributed by atoms with Crippen molar-refractivity contribution in [2.24, 2.45) is 5.41 Å². The predicted molar refractivity (Wildman–Crippen MR) is 76.4 cm³/mol. The number of rotatable bonds is 3. The maximum absolute atomic E-state index is 12.1. The molecule has 2 rings (SSSR count). The van der Waals surface area contributed by atoms with Gasteiger partial charge < -0.3 is 10.6 Å². The Kier molecular flexibility index (Phi) is 4.42. The topological polar surface area (TPSA) is 54.0 Å². The van der Waals surface area contributed by atoms with Gasteiger partial charge in [-0.3, -0.25) is 9.78 Å². The largest absolute Gasteiger partial charge is 0.350 e. The number of nitrogens with zero attached hydrogens (tertiary/aromatic N) is 1. The summed E-state index contributed by atoms with van der Waals surface area (Å²) in [6.45, 7) is 6.09. The van der Waals surface area contributed by atoms with Gasteiger partial charge in [-0.05, 0) is 30.9 Å². The smallest absolute Gasteiger partial charge is 0.252 e. The summed E-state index contributed by atoms with van der Waals surface area (Å²) in [7, 11) is 0. The highest BCUT2D eigenvalue weighted by Gasteiger charge is 2.32. The van der Waals surface area contributed by atoms with E-state index in [0.29, 0.717) is 23.2 Å². The van der Waals surface area contributed by atoms with E-state index in [1.807, 2.05) is 0 Å². The van der Waals surface area contributed by atoms with Crippen LogP contribution in [0, 0.1) is 5.41 Å². The Morgan fingerprint density at radius 2 is 2.42 bits per heavy atom. The molecule has 1 aromatic rings. The van der Waals surface area contributed by atoms with Gasteiger partial charge in [0.15, 0.2) is 0 Å². The molecule has 1 unspecified atom stereocenters.